The van der Waals surface area contributed by atoms with Gasteiger partial charge >= 0.3 is 6.98 Å². The van der Waals surface area contributed by atoms with E-state index in [1.807, 2.05) is 13.8 Å². The third-order valence-corrected chi connectivity index (χ3v) is 2.45. The van der Waals surface area contributed by atoms with Crippen molar-refractivity contribution >= 4 is 12.4 Å². The summed E-state index contributed by atoms with van der Waals surface area (Å²) >= 11 is 0. The van der Waals surface area contributed by atoms with Crippen molar-refractivity contribution < 1.29 is 22.4 Å². The van der Waals surface area contributed by atoms with Gasteiger partial charge in [0.1, 0.15) is 6.61 Å². The zero-order valence-corrected chi connectivity index (χ0v) is 11.5. The SMILES string of the molecule is Cc1ccc(OCCOCC(C)C)c([B-](F)(F)F)c1. The first-order valence-corrected chi connectivity index (χ1v) is 6.31. The highest BCUT2D eigenvalue weighted by atomic mass is 19.4. The molecule has 6 heteroatoms. The van der Waals surface area contributed by atoms with Crippen molar-refractivity contribution in [1.82, 2.24) is 0 Å². The number of ether oxygens (including phenoxy) is 2. The lowest BCUT2D eigenvalue weighted by Crippen LogP contribution is -2.35. The van der Waals surface area contributed by atoms with Crippen molar-refractivity contribution in [3.05, 3.63) is 23.8 Å². The van der Waals surface area contributed by atoms with Crippen LogP contribution in [0.15, 0.2) is 18.2 Å². The summed E-state index contributed by atoms with van der Waals surface area (Å²) in [6.07, 6.45) is 0. The van der Waals surface area contributed by atoms with Gasteiger partial charge in [-0.3, -0.25) is 0 Å². The zero-order valence-electron chi connectivity index (χ0n) is 11.5. The predicted octanol–water partition coefficient (Wildman–Crippen LogP) is 3.10. The smallest absolute Gasteiger partial charge is 0.494 e. The van der Waals surface area contributed by atoms with E-state index < -0.39 is 12.4 Å². The third-order valence-electron chi connectivity index (χ3n) is 2.45. The second kappa shape index (κ2) is 6.84. The Morgan fingerprint density at radius 2 is 1.84 bits per heavy atom. The van der Waals surface area contributed by atoms with Crippen LogP contribution in [0.1, 0.15) is 19.4 Å². The van der Waals surface area contributed by atoms with Crippen LogP contribution in [0.4, 0.5) is 12.9 Å². The molecule has 0 aromatic heterocycles. The summed E-state index contributed by atoms with van der Waals surface area (Å²) in [4.78, 5) is 0. The first-order valence-electron chi connectivity index (χ1n) is 6.31. The molecule has 0 saturated heterocycles. The van der Waals surface area contributed by atoms with Crippen LogP contribution in [-0.2, 0) is 4.74 Å². The monoisotopic (exact) mass is 275 g/mol. The Morgan fingerprint density at radius 1 is 1.16 bits per heavy atom. The van der Waals surface area contributed by atoms with Gasteiger partial charge in [0.25, 0.3) is 0 Å². The topological polar surface area (TPSA) is 18.5 Å². The lowest BCUT2D eigenvalue weighted by atomic mass is 9.78. The van der Waals surface area contributed by atoms with E-state index in [2.05, 4.69) is 0 Å². The summed E-state index contributed by atoms with van der Waals surface area (Å²) in [5.74, 6) is 0.277. The molecule has 0 aliphatic carbocycles. The molecule has 1 aromatic carbocycles. The first-order chi connectivity index (χ1) is 8.80. The van der Waals surface area contributed by atoms with Crippen LogP contribution in [0, 0.1) is 12.8 Å². The number of benzene rings is 1. The van der Waals surface area contributed by atoms with E-state index in [0.717, 1.165) is 6.07 Å². The Kier molecular flexibility index (Phi) is 5.72. The van der Waals surface area contributed by atoms with Crippen LogP contribution >= 0.6 is 0 Å². The van der Waals surface area contributed by atoms with Gasteiger partial charge in [-0.2, -0.15) is 0 Å². The largest absolute Gasteiger partial charge is 0.513 e. The molecule has 108 valence electrons. The van der Waals surface area contributed by atoms with Crippen molar-refractivity contribution in [2.45, 2.75) is 20.8 Å². The Labute approximate surface area is 112 Å². The van der Waals surface area contributed by atoms with Crippen LogP contribution in [0.25, 0.3) is 0 Å². The molecule has 0 aliphatic heterocycles. The molecule has 0 aliphatic rings. The lowest BCUT2D eigenvalue weighted by molar-refractivity contribution is 0.0821. The average Bonchev–Trinajstić information content (AvgIpc) is 2.28. The molecule has 1 rings (SSSR count). The standard InChI is InChI=1S/C13H19BF3O2/c1-10(2)9-18-6-7-19-13-5-4-11(3)8-12(13)14(15,16)17/h4-5,8,10H,6-7,9H2,1-3H3/q-1. The molecule has 0 fully saturated rings. The molecule has 0 atom stereocenters. The van der Waals surface area contributed by atoms with Gasteiger partial charge < -0.3 is 22.4 Å². The quantitative estimate of drug-likeness (QED) is 0.562. The van der Waals surface area contributed by atoms with E-state index in [4.69, 9.17) is 9.47 Å². The van der Waals surface area contributed by atoms with E-state index in [1.54, 1.807) is 13.0 Å². The number of halogens is 3. The van der Waals surface area contributed by atoms with Gasteiger partial charge in [-0.1, -0.05) is 37.0 Å². The van der Waals surface area contributed by atoms with Gasteiger partial charge in [0, 0.05) is 6.61 Å². The maximum Gasteiger partial charge on any atom is 0.513 e. The van der Waals surface area contributed by atoms with Crippen molar-refractivity contribution in [1.29, 1.82) is 0 Å². The van der Waals surface area contributed by atoms with Gasteiger partial charge in [0.05, 0.1) is 12.4 Å². The first kappa shape index (κ1) is 15.9. The molecule has 0 amide bonds. The molecule has 0 unspecified atom stereocenters. The van der Waals surface area contributed by atoms with Crippen LogP contribution in [0.3, 0.4) is 0 Å². The van der Waals surface area contributed by atoms with Gasteiger partial charge in [-0.15, -0.1) is 0 Å². The summed E-state index contributed by atoms with van der Waals surface area (Å²) < 4.78 is 49.0. The van der Waals surface area contributed by atoms with Gasteiger partial charge in [-0.05, 0) is 18.9 Å². The van der Waals surface area contributed by atoms with Crippen LogP contribution < -0.4 is 10.2 Å². The van der Waals surface area contributed by atoms with E-state index in [0.29, 0.717) is 18.1 Å². The molecule has 19 heavy (non-hydrogen) atoms. The van der Waals surface area contributed by atoms with Crippen LogP contribution in [0.2, 0.25) is 0 Å². The van der Waals surface area contributed by atoms with Crippen molar-refractivity contribution in [2.24, 2.45) is 5.92 Å². The predicted molar refractivity (Wildman–Crippen MR) is 71.0 cm³/mol. The van der Waals surface area contributed by atoms with Crippen molar-refractivity contribution in [3.63, 3.8) is 0 Å². The fourth-order valence-electron chi connectivity index (χ4n) is 1.58. The minimum atomic E-state index is -5.06. The molecular formula is C13H19BF3O2-. The number of hydrogen-bond donors (Lipinski definition) is 0. The summed E-state index contributed by atoms with van der Waals surface area (Å²) in [7, 11) is 0. The third kappa shape index (κ3) is 5.55. The highest BCUT2D eigenvalue weighted by Gasteiger charge is 2.29. The molecule has 0 saturated carbocycles. The Bertz CT molecular complexity index is 405. The highest BCUT2D eigenvalue weighted by molar-refractivity contribution is 6.74. The zero-order chi connectivity index (χ0) is 14.5. The van der Waals surface area contributed by atoms with E-state index in [9.17, 15) is 12.9 Å². The minimum absolute atomic E-state index is 0.119. The molecule has 1 aromatic rings. The van der Waals surface area contributed by atoms with Crippen molar-refractivity contribution in [2.75, 3.05) is 19.8 Å². The summed E-state index contributed by atoms with van der Waals surface area (Å²) in [5.41, 5.74) is -0.110. The fraction of sp³-hybridized carbons (Fsp3) is 0.538. The number of rotatable bonds is 7. The van der Waals surface area contributed by atoms with Gasteiger partial charge in [-0.25, -0.2) is 0 Å². The lowest BCUT2D eigenvalue weighted by Gasteiger charge is -2.20. The Balaban J connectivity index is 2.58. The second-order valence-corrected chi connectivity index (χ2v) is 4.93. The molecule has 0 heterocycles. The molecule has 0 spiro atoms. The highest BCUT2D eigenvalue weighted by Crippen LogP contribution is 2.19. The normalized spacial score (nSPS) is 11.9. The molecular weight excluding hydrogens is 256 g/mol. The number of aryl methyl sites for hydroxylation is 1. The average molecular weight is 275 g/mol. The van der Waals surface area contributed by atoms with E-state index in [1.165, 1.54) is 6.07 Å². The van der Waals surface area contributed by atoms with Crippen LogP contribution in [-0.4, -0.2) is 26.8 Å². The summed E-state index contributed by atoms with van der Waals surface area (Å²) in [6.45, 7) is 1.56. The van der Waals surface area contributed by atoms with Crippen LogP contribution in [0.5, 0.6) is 5.75 Å². The van der Waals surface area contributed by atoms with E-state index >= 15 is 0 Å². The number of hydrogen-bond acceptors (Lipinski definition) is 2. The van der Waals surface area contributed by atoms with Crippen molar-refractivity contribution in [3.8, 4) is 5.75 Å². The Morgan fingerprint density at radius 3 is 2.42 bits per heavy atom. The summed E-state index contributed by atoms with van der Waals surface area (Å²) in [6, 6.07) is 4.09. The maximum absolute atomic E-state index is 12.9. The maximum atomic E-state index is 12.9. The summed E-state index contributed by atoms with van der Waals surface area (Å²) in [5, 5.41) is 0. The molecule has 0 N–H and O–H groups in total. The van der Waals surface area contributed by atoms with Gasteiger partial charge in [0.2, 0.25) is 0 Å². The fourth-order valence-corrected chi connectivity index (χ4v) is 1.58. The van der Waals surface area contributed by atoms with E-state index in [-0.39, 0.29) is 19.0 Å². The van der Waals surface area contributed by atoms with Gasteiger partial charge in [0.15, 0.2) is 0 Å². The molecule has 2 nitrogen and oxygen atoms in total. The minimum Gasteiger partial charge on any atom is -0.494 e. The second-order valence-electron chi connectivity index (χ2n) is 4.93. The molecule has 0 bridgehead atoms. The molecule has 0 radical (unpaired) electrons. The Hall–Kier alpha value is -1.17.